The van der Waals surface area contributed by atoms with Crippen LogP contribution in [0.25, 0.3) is 11.3 Å². The molecule has 1 radical (unpaired) electrons. The van der Waals surface area contributed by atoms with Crippen molar-refractivity contribution in [2.45, 2.75) is 45.3 Å². The highest BCUT2D eigenvalue weighted by molar-refractivity contribution is 6.33. The van der Waals surface area contributed by atoms with Crippen LogP contribution in [0.15, 0.2) is 36.8 Å². The number of carbonyl (C=O) groups excluding carboxylic acids is 1. The Bertz CT molecular complexity index is 1190. The molecular formula is C25H28ClN6O2. The zero-order valence-electron chi connectivity index (χ0n) is 19.4. The molecule has 1 saturated heterocycles. The second kappa shape index (κ2) is 9.72. The molecule has 0 aliphatic carbocycles. The second-order valence-electron chi connectivity index (χ2n) is 9.03. The predicted octanol–water partition coefficient (Wildman–Crippen LogP) is 4.37. The Kier molecular flexibility index (Phi) is 6.52. The van der Waals surface area contributed by atoms with Gasteiger partial charge in [0.05, 0.1) is 23.1 Å². The lowest BCUT2D eigenvalue weighted by molar-refractivity contribution is 0.0792. The highest BCUT2D eigenvalue weighted by atomic mass is 35.5. The van der Waals surface area contributed by atoms with Crippen LogP contribution < -0.4 is 5.32 Å². The Labute approximate surface area is 204 Å². The number of amides is 1. The van der Waals surface area contributed by atoms with E-state index in [-0.39, 0.29) is 11.9 Å². The summed E-state index contributed by atoms with van der Waals surface area (Å²) >= 11 is 6.45. The van der Waals surface area contributed by atoms with Crippen LogP contribution in [0.3, 0.4) is 0 Å². The van der Waals surface area contributed by atoms with E-state index in [1.807, 2.05) is 46.6 Å². The van der Waals surface area contributed by atoms with Gasteiger partial charge in [0.2, 0.25) is 5.95 Å². The Morgan fingerprint density at radius 1 is 1.26 bits per heavy atom. The molecule has 2 aliphatic rings. The third-order valence-electron chi connectivity index (χ3n) is 6.26. The number of nitrogens with zero attached hydrogens (tertiary/aromatic N) is 5. The van der Waals surface area contributed by atoms with Gasteiger partial charge in [-0.3, -0.25) is 9.48 Å². The summed E-state index contributed by atoms with van der Waals surface area (Å²) in [5, 5.41) is 8.20. The number of halogens is 1. The molecule has 0 unspecified atom stereocenters. The Hall–Kier alpha value is -2.97. The van der Waals surface area contributed by atoms with Gasteiger partial charge in [0.15, 0.2) is 0 Å². The molecule has 5 rings (SSSR count). The molecule has 1 fully saturated rings. The maximum absolute atomic E-state index is 13.1. The molecule has 0 spiro atoms. The Balaban J connectivity index is 1.30. The van der Waals surface area contributed by atoms with Crippen LogP contribution >= 0.6 is 11.6 Å². The number of ether oxygens (including phenoxy) is 1. The van der Waals surface area contributed by atoms with Crippen molar-refractivity contribution in [3.8, 4) is 11.3 Å². The second-order valence-corrected chi connectivity index (χ2v) is 9.44. The first-order valence-electron chi connectivity index (χ1n) is 11.6. The minimum absolute atomic E-state index is 0.00934. The topological polar surface area (TPSA) is 85.2 Å². The van der Waals surface area contributed by atoms with Crippen molar-refractivity contribution >= 4 is 23.5 Å². The molecule has 1 N–H and O–H groups in total. The van der Waals surface area contributed by atoms with Gasteiger partial charge in [-0.15, -0.1) is 0 Å². The van der Waals surface area contributed by atoms with Gasteiger partial charge < -0.3 is 15.0 Å². The number of benzene rings is 1. The van der Waals surface area contributed by atoms with E-state index in [0.29, 0.717) is 41.4 Å². The highest BCUT2D eigenvalue weighted by Gasteiger charge is 2.28. The molecule has 8 nitrogen and oxygen atoms in total. The van der Waals surface area contributed by atoms with Crippen LogP contribution in [0.2, 0.25) is 5.02 Å². The minimum Gasteiger partial charge on any atom is -0.381 e. The van der Waals surface area contributed by atoms with Crippen LogP contribution in [0, 0.1) is 6.42 Å². The molecule has 3 aromatic rings. The number of fused-ring (bicyclic) bond motifs is 1. The lowest BCUT2D eigenvalue weighted by atomic mass is 10.0. The Morgan fingerprint density at radius 3 is 2.85 bits per heavy atom. The van der Waals surface area contributed by atoms with Crippen molar-refractivity contribution in [1.82, 2.24) is 24.6 Å². The summed E-state index contributed by atoms with van der Waals surface area (Å²) in [5.74, 6) is 0.548. The molecular weight excluding hydrogens is 452 g/mol. The predicted molar refractivity (Wildman–Crippen MR) is 131 cm³/mol. The van der Waals surface area contributed by atoms with Crippen molar-refractivity contribution in [2.24, 2.45) is 0 Å². The summed E-state index contributed by atoms with van der Waals surface area (Å²) in [6.07, 6.45) is 9.30. The fraction of sp³-hybridized carbons (Fsp3) is 0.400. The highest BCUT2D eigenvalue weighted by Crippen LogP contribution is 2.32. The standard InChI is InChI=1S/C25H28ClN6O2/c1-16(2)32-14-17(12-28-32)5-8-31-15-19-4-3-18(11-21(19)24(31)33)23-22(26)13-27-25(30-23)29-20-6-9-34-10-7-20/h3-5,11-14,16,20H,6-10,15H2,1-2H3,(H,27,29,30). The van der Waals surface area contributed by atoms with Crippen molar-refractivity contribution < 1.29 is 9.53 Å². The molecule has 1 amide bonds. The van der Waals surface area contributed by atoms with Crippen LogP contribution in [-0.4, -0.2) is 56.4 Å². The summed E-state index contributed by atoms with van der Waals surface area (Å²) in [4.78, 5) is 24.0. The van der Waals surface area contributed by atoms with Gasteiger partial charge in [0.25, 0.3) is 5.91 Å². The molecule has 0 bridgehead atoms. The molecule has 0 saturated carbocycles. The van der Waals surface area contributed by atoms with E-state index in [1.54, 1.807) is 6.20 Å². The fourth-order valence-corrected chi connectivity index (χ4v) is 4.48. The van der Waals surface area contributed by atoms with Gasteiger partial charge in [0, 0.05) is 62.1 Å². The van der Waals surface area contributed by atoms with E-state index in [0.717, 1.165) is 42.7 Å². The van der Waals surface area contributed by atoms with E-state index < -0.39 is 0 Å². The van der Waals surface area contributed by atoms with Gasteiger partial charge in [-0.2, -0.15) is 5.10 Å². The zero-order chi connectivity index (χ0) is 23.7. The molecule has 4 heterocycles. The third kappa shape index (κ3) is 4.79. The number of rotatable bonds is 7. The molecule has 0 atom stereocenters. The number of nitrogens with one attached hydrogen (secondary N) is 1. The van der Waals surface area contributed by atoms with Gasteiger partial charge in [-0.25, -0.2) is 9.97 Å². The first kappa shape index (κ1) is 22.8. The first-order chi connectivity index (χ1) is 16.5. The Morgan fingerprint density at radius 2 is 2.09 bits per heavy atom. The molecule has 34 heavy (non-hydrogen) atoms. The third-order valence-corrected chi connectivity index (χ3v) is 6.54. The van der Waals surface area contributed by atoms with Gasteiger partial charge in [-0.05, 0) is 43.9 Å². The van der Waals surface area contributed by atoms with Gasteiger partial charge in [0.1, 0.15) is 0 Å². The molecule has 9 heteroatoms. The normalized spacial score (nSPS) is 16.4. The lowest BCUT2D eigenvalue weighted by Crippen LogP contribution is -2.28. The van der Waals surface area contributed by atoms with E-state index in [1.165, 1.54) is 0 Å². The maximum Gasteiger partial charge on any atom is 0.254 e. The van der Waals surface area contributed by atoms with Gasteiger partial charge in [-0.1, -0.05) is 23.7 Å². The molecule has 1 aromatic carbocycles. The van der Waals surface area contributed by atoms with Crippen molar-refractivity contribution in [1.29, 1.82) is 0 Å². The summed E-state index contributed by atoms with van der Waals surface area (Å²) in [6.45, 7) is 6.75. The number of hydrogen-bond acceptors (Lipinski definition) is 6. The quantitative estimate of drug-likeness (QED) is 0.541. The van der Waals surface area contributed by atoms with Crippen molar-refractivity contribution in [3.63, 3.8) is 0 Å². The largest absolute Gasteiger partial charge is 0.381 e. The van der Waals surface area contributed by atoms with Crippen molar-refractivity contribution in [2.75, 3.05) is 25.1 Å². The monoisotopic (exact) mass is 479 g/mol. The lowest BCUT2D eigenvalue weighted by Gasteiger charge is -2.23. The number of aromatic nitrogens is 4. The van der Waals surface area contributed by atoms with Gasteiger partial charge >= 0.3 is 0 Å². The van der Waals surface area contributed by atoms with E-state index in [2.05, 4.69) is 34.2 Å². The van der Waals surface area contributed by atoms with E-state index >= 15 is 0 Å². The van der Waals surface area contributed by atoms with Crippen LogP contribution in [0.4, 0.5) is 5.95 Å². The average Bonchev–Trinajstić information content (AvgIpc) is 3.44. The minimum atomic E-state index is 0.00934. The first-order valence-corrected chi connectivity index (χ1v) is 12.0. The number of anilines is 1. The summed E-state index contributed by atoms with van der Waals surface area (Å²) in [5.41, 5.74) is 4.13. The molecule has 2 aromatic heterocycles. The van der Waals surface area contributed by atoms with Crippen LogP contribution in [0.5, 0.6) is 0 Å². The van der Waals surface area contributed by atoms with E-state index in [9.17, 15) is 4.79 Å². The zero-order valence-corrected chi connectivity index (χ0v) is 20.1. The smallest absolute Gasteiger partial charge is 0.254 e. The summed E-state index contributed by atoms with van der Waals surface area (Å²) < 4.78 is 7.33. The maximum atomic E-state index is 13.1. The van der Waals surface area contributed by atoms with Crippen LogP contribution in [0.1, 0.15) is 54.2 Å². The molecule has 2 aliphatic heterocycles. The summed E-state index contributed by atoms with van der Waals surface area (Å²) in [6, 6.07) is 6.43. The van der Waals surface area contributed by atoms with Crippen molar-refractivity contribution in [3.05, 3.63) is 64.9 Å². The average molecular weight is 480 g/mol. The van der Waals surface area contributed by atoms with E-state index in [4.69, 9.17) is 16.3 Å². The fourth-order valence-electron chi connectivity index (χ4n) is 4.28. The summed E-state index contributed by atoms with van der Waals surface area (Å²) in [7, 11) is 0. The number of hydrogen-bond donors (Lipinski definition) is 1. The van der Waals surface area contributed by atoms with Crippen LogP contribution in [-0.2, 0) is 11.3 Å². The number of carbonyl (C=O) groups is 1. The SMILES string of the molecule is CC(C)n1cc([CH]CN2Cc3ccc(-c4nc(NC5CCOCC5)ncc4Cl)cc3C2=O)cn1. The molecule has 177 valence electrons.